The highest BCUT2D eigenvalue weighted by Gasteiger charge is 2.24. The topological polar surface area (TPSA) is 58.3 Å². The van der Waals surface area contributed by atoms with Crippen LogP contribution < -0.4 is 11.1 Å². The number of nitrogens with one attached hydrogen (secondary N) is 1. The number of nitrogens with two attached hydrogens (primary N) is 1. The van der Waals surface area contributed by atoms with Crippen molar-refractivity contribution >= 4 is 27.3 Å². The van der Waals surface area contributed by atoms with Crippen molar-refractivity contribution in [2.45, 2.75) is 25.7 Å². The summed E-state index contributed by atoms with van der Waals surface area (Å²) < 4.78 is 0.999. The number of rotatable bonds is 4. The predicted octanol–water partition coefficient (Wildman–Crippen LogP) is 3.24. The van der Waals surface area contributed by atoms with Crippen molar-refractivity contribution < 1.29 is 5.11 Å². The molecule has 1 aromatic rings. The van der Waals surface area contributed by atoms with Crippen LogP contribution in [0.1, 0.15) is 25.7 Å². The summed E-state index contributed by atoms with van der Waals surface area (Å²) in [6.07, 6.45) is 4.91. The molecule has 1 aromatic carbocycles. The maximum atomic E-state index is 9.40. The SMILES string of the molecule is Nc1ccc(NCC2CCCCC2CO)c(Br)c1. The zero-order valence-electron chi connectivity index (χ0n) is 10.5. The minimum atomic E-state index is 0.315. The molecule has 3 nitrogen and oxygen atoms in total. The Morgan fingerprint density at radius 2 is 2.00 bits per heavy atom. The van der Waals surface area contributed by atoms with Crippen molar-refractivity contribution in [2.75, 3.05) is 24.2 Å². The number of aliphatic hydroxyl groups is 1. The van der Waals surface area contributed by atoms with Gasteiger partial charge in [-0.3, -0.25) is 0 Å². The van der Waals surface area contributed by atoms with Gasteiger partial charge in [-0.15, -0.1) is 0 Å². The maximum absolute atomic E-state index is 9.40. The van der Waals surface area contributed by atoms with Crippen LogP contribution in [0.5, 0.6) is 0 Å². The lowest BCUT2D eigenvalue weighted by Crippen LogP contribution is -2.28. The number of aliphatic hydroxyl groups excluding tert-OH is 1. The Morgan fingerprint density at radius 1 is 1.28 bits per heavy atom. The molecule has 0 heterocycles. The third-order valence-corrected chi connectivity index (χ3v) is 4.50. The number of hydrogen-bond donors (Lipinski definition) is 3. The Hall–Kier alpha value is -0.740. The number of anilines is 2. The summed E-state index contributed by atoms with van der Waals surface area (Å²) in [4.78, 5) is 0. The number of hydrogen-bond acceptors (Lipinski definition) is 3. The van der Waals surface area contributed by atoms with E-state index in [2.05, 4.69) is 21.2 Å². The summed E-state index contributed by atoms with van der Waals surface area (Å²) in [6, 6.07) is 5.81. The molecule has 2 atom stereocenters. The lowest BCUT2D eigenvalue weighted by molar-refractivity contribution is 0.141. The van der Waals surface area contributed by atoms with Crippen LogP contribution in [0.4, 0.5) is 11.4 Å². The Bertz CT molecular complexity index is 397. The molecule has 2 unspecified atom stereocenters. The molecule has 0 bridgehead atoms. The van der Waals surface area contributed by atoms with Crippen LogP contribution in [0.25, 0.3) is 0 Å². The zero-order chi connectivity index (χ0) is 13.0. The van der Waals surface area contributed by atoms with Crippen molar-refractivity contribution in [1.29, 1.82) is 0 Å². The van der Waals surface area contributed by atoms with Crippen molar-refractivity contribution in [3.63, 3.8) is 0 Å². The molecule has 0 radical (unpaired) electrons. The van der Waals surface area contributed by atoms with E-state index in [4.69, 9.17) is 5.73 Å². The molecule has 4 heteroatoms. The Labute approximate surface area is 117 Å². The number of halogens is 1. The molecule has 100 valence electrons. The van der Waals surface area contributed by atoms with Crippen molar-refractivity contribution in [1.82, 2.24) is 0 Å². The second-order valence-electron chi connectivity index (χ2n) is 5.11. The number of benzene rings is 1. The standard InChI is InChI=1S/C14H21BrN2O/c15-13-7-12(16)5-6-14(13)17-8-10-3-1-2-4-11(10)9-18/h5-7,10-11,17-18H,1-4,8-9,16H2. The second-order valence-corrected chi connectivity index (χ2v) is 5.96. The first-order valence-electron chi connectivity index (χ1n) is 6.60. The Balaban J connectivity index is 1.93. The van der Waals surface area contributed by atoms with Gasteiger partial charge in [0.25, 0.3) is 0 Å². The number of nitrogen functional groups attached to an aromatic ring is 1. The van der Waals surface area contributed by atoms with Gasteiger partial charge >= 0.3 is 0 Å². The molecule has 1 aliphatic carbocycles. The van der Waals surface area contributed by atoms with Gasteiger partial charge in [-0.05, 0) is 58.8 Å². The average molecular weight is 313 g/mol. The third kappa shape index (κ3) is 3.39. The Kier molecular flexibility index (Phi) is 4.89. The quantitative estimate of drug-likeness (QED) is 0.748. The van der Waals surface area contributed by atoms with Gasteiger partial charge in [0.2, 0.25) is 0 Å². The first-order chi connectivity index (χ1) is 8.70. The highest BCUT2D eigenvalue weighted by molar-refractivity contribution is 9.10. The lowest BCUT2D eigenvalue weighted by atomic mass is 9.79. The van der Waals surface area contributed by atoms with Gasteiger partial charge in [-0.1, -0.05) is 12.8 Å². The lowest BCUT2D eigenvalue weighted by Gasteiger charge is -2.30. The first kappa shape index (κ1) is 13.7. The van der Waals surface area contributed by atoms with Crippen LogP contribution >= 0.6 is 15.9 Å². The van der Waals surface area contributed by atoms with E-state index in [0.29, 0.717) is 18.4 Å². The van der Waals surface area contributed by atoms with Crippen LogP contribution in [-0.4, -0.2) is 18.3 Å². The van der Waals surface area contributed by atoms with E-state index in [0.717, 1.165) is 28.8 Å². The average Bonchev–Trinajstić information content (AvgIpc) is 2.38. The van der Waals surface area contributed by atoms with E-state index in [-0.39, 0.29) is 0 Å². The highest BCUT2D eigenvalue weighted by atomic mass is 79.9. The molecular formula is C14H21BrN2O. The van der Waals surface area contributed by atoms with E-state index in [1.807, 2.05) is 18.2 Å². The van der Waals surface area contributed by atoms with E-state index >= 15 is 0 Å². The van der Waals surface area contributed by atoms with E-state index in [9.17, 15) is 5.11 Å². The van der Waals surface area contributed by atoms with Gasteiger partial charge < -0.3 is 16.2 Å². The maximum Gasteiger partial charge on any atom is 0.0486 e. The largest absolute Gasteiger partial charge is 0.399 e. The molecule has 1 saturated carbocycles. The van der Waals surface area contributed by atoms with Crippen molar-refractivity contribution in [2.24, 2.45) is 11.8 Å². The Morgan fingerprint density at radius 3 is 2.67 bits per heavy atom. The normalized spacial score (nSPS) is 23.9. The molecular weight excluding hydrogens is 292 g/mol. The van der Waals surface area contributed by atoms with E-state index in [1.165, 1.54) is 19.3 Å². The zero-order valence-corrected chi connectivity index (χ0v) is 12.1. The molecule has 1 aliphatic rings. The summed E-state index contributed by atoms with van der Waals surface area (Å²) in [6.45, 7) is 1.24. The van der Waals surface area contributed by atoms with Crippen LogP contribution in [-0.2, 0) is 0 Å². The summed E-state index contributed by atoms with van der Waals surface area (Å²) in [5.74, 6) is 1.03. The van der Waals surface area contributed by atoms with Crippen molar-refractivity contribution in [3.05, 3.63) is 22.7 Å². The molecule has 2 rings (SSSR count). The van der Waals surface area contributed by atoms with Gasteiger partial charge in [-0.25, -0.2) is 0 Å². The van der Waals surface area contributed by atoms with Crippen LogP contribution in [0.3, 0.4) is 0 Å². The van der Waals surface area contributed by atoms with E-state index < -0.39 is 0 Å². The van der Waals surface area contributed by atoms with Gasteiger partial charge in [0, 0.05) is 29.0 Å². The second kappa shape index (κ2) is 6.43. The van der Waals surface area contributed by atoms with Crippen LogP contribution in [0.15, 0.2) is 22.7 Å². The fourth-order valence-electron chi connectivity index (χ4n) is 2.71. The third-order valence-electron chi connectivity index (χ3n) is 3.85. The van der Waals surface area contributed by atoms with Crippen LogP contribution in [0.2, 0.25) is 0 Å². The fourth-order valence-corrected chi connectivity index (χ4v) is 3.25. The summed E-state index contributed by atoms with van der Waals surface area (Å²) in [7, 11) is 0. The minimum absolute atomic E-state index is 0.315. The minimum Gasteiger partial charge on any atom is -0.399 e. The molecule has 4 N–H and O–H groups in total. The fraction of sp³-hybridized carbons (Fsp3) is 0.571. The van der Waals surface area contributed by atoms with Gasteiger partial charge in [0.05, 0.1) is 0 Å². The van der Waals surface area contributed by atoms with Gasteiger partial charge in [-0.2, -0.15) is 0 Å². The molecule has 0 aromatic heterocycles. The predicted molar refractivity (Wildman–Crippen MR) is 79.6 cm³/mol. The molecule has 18 heavy (non-hydrogen) atoms. The smallest absolute Gasteiger partial charge is 0.0486 e. The summed E-state index contributed by atoms with van der Waals surface area (Å²) in [5, 5.41) is 12.9. The molecule has 1 fully saturated rings. The highest BCUT2D eigenvalue weighted by Crippen LogP contribution is 2.31. The summed E-state index contributed by atoms with van der Waals surface area (Å²) in [5.41, 5.74) is 7.56. The summed E-state index contributed by atoms with van der Waals surface area (Å²) >= 11 is 3.51. The monoisotopic (exact) mass is 312 g/mol. The molecule has 0 saturated heterocycles. The van der Waals surface area contributed by atoms with Crippen LogP contribution in [0, 0.1) is 11.8 Å². The van der Waals surface area contributed by atoms with Crippen molar-refractivity contribution in [3.8, 4) is 0 Å². The van der Waals surface area contributed by atoms with Gasteiger partial charge in [0.15, 0.2) is 0 Å². The molecule has 0 aliphatic heterocycles. The first-order valence-corrected chi connectivity index (χ1v) is 7.39. The molecule has 0 amide bonds. The molecule has 0 spiro atoms. The van der Waals surface area contributed by atoms with Gasteiger partial charge in [0.1, 0.15) is 0 Å². The van der Waals surface area contributed by atoms with E-state index in [1.54, 1.807) is 0 Å².